The number of hydrogen-bond donors (Lipinski definition) is 3. The molecule has 10 nitrogen and oxygen atoms in total. The first-order chi connectivity index (χ1) is 18.5. The number of nitrogens with one attached hydrogen (secondary N) is 3. The molecule has 3 N–H and O–H groups in total. The molecule has 0 aliphatic carbocycles. The summed E-state index contributed by atoms with van der Waals surface area (Å²) in [6.45, 7) is 0.384. The van der Waals surface area contributed by atoms with E-state index in [0.29, 0.717) is 29.4 Å². The van der Waals surface area contributed by atoms with Gasteiger partial charge < -0.3 is 24.4 Å². The molecule has 1 saturated heterocycles. The molecule has 1 aliphatic heterocycles. The van der Waals surface area contributed by atoms with Crippen LogP contribution in [0.2, 0.25) is 0 Å². The number of ether oxygens (including phenoxy) is 3. The largest absolute Gasteiger partial charge is 0.497 e. The number of hydrogen-bond acceptors (Lipinski definition) is 7. The Morgan fingerprint density at radius 2 is 1.71 bits per heavy atom. The van der Waals surface area contributed by atoms with Gasteiger partial charge in [0.05, 0.1) is 25.8 Å². The quantitative estimate of drug-likeness (QED) is 0.334. The Balaban J connectivity index is 1.34. The monoisotopic (exact) mass is 518 g/mol. The molecule has 38 heavy (non-hydrogen) atoms. The Hall–Kier alpha value is -4.73. The smallest absolute Gasteiger partial charge is 0.258 e. The van der Waals surface area contributed by atoms with Gasteiger partial charge in [-0.3, -0.25) is 25.2 Å². The van der Waals surface area contributed by atoms with Gasteiger partial charge in [0.15, 0.2) is 18.1 Å². The normalized spacial score (nSPS) is 14.5. The maximum absolute atomic E-state index is 12.9. The van der Waals surface area contributed by atoms with Crippen LogP contribution in [0.25, 0.3) is 0 Å². The van der Waals surface area contributed by atoms with Crippen LogP contribution in [0.1, 0.15) is 12.0 Å². The predicted octanol–water partition coefficient (Wildman–Crippen LogP) is 2.90. The molecular formula is C28H30N4O6. The highest BCUT2D eigenvalue weighted by molar-refractivity contribution is 6.00. The fourth-order valence-electron chi connectivity index (χ4n) is 4.04. The van der Waals surface area contributed by atoms with Gasteiger partial charge >= 0.3 is 0 Å². The molecular weight excluding hydrogens is 488 g/mol. The SMILES string of the molecule is COc1ccc(N2C[C@@H](C(=O)NNc3cccc(OC)c3OCC(=O)NCc3ccccc3)CC2=O)cc1. The van der Waals surface area contributed by atoms with Crippen molar-refractivity contribution < 1.29 is 28.6 Å². The maximum Gasteiger partial charge on any atom is 0.258 e. The van der Waals surface area contributed by atoms with Gasteiger partial charge in [-0.05, 0) is 42.0 Å². The van der Waals surface area contributed by atoms with E-state index in [0.717, 1.165) is 5.56 Å². The minimum atomic E-state index is -0.546. The van der Waals surface area contributed by atoms with E-state index in [-0.39, 0.29) is 43.0 Å². The first-order valence-corrected chi connectivity index (χ1v) is 12.1. The van der Waals surface area contributed by atoms with Gasteiger partial charge in [0.1, 0.15) is 5.75 Å². The van der Waals surface area contributed by atoms with Crippen molar-refractivity contribution in [1.82, 2.24) is 10.7 Å². The van der Waals surface area contributed by atoms with Crippen LogP contribution in [0, 0.1) is 5.92 Å². The average Bonchev–Trinajstić information content (AvgIpc) is 3.35. The van der Waals surface area contributed by atoms with Crippen LogP contribution in [0.3, 0.4) is 0 Å². The third kappa shape index (κ3) is 6.52. The van der Waals surface area contributed by atoms with E-state index < -0.39 is 5.92 Å². The van der Waals surface area contributed by atoms with Crippen LogP contribution in [0.5, 0.6) is 17.2 Å². The molecule has 1 atom stereocenters. The highest BCUT2D eigenvalue weighted by Crippen LogP contribution is 2.35. The number of nitrogens with zero attached hydrogens (tertiary/aromatic N) is 1. The number of anilines is 2. The standard InChI is InChI=1S/C28H30N4O6/c1-36-22-13-11-21(12-14-22)32-17-20(15-26(32)34)28(35)31-30-23-9-6-10-24(37-2)27(23)38-18-25(33)29-16-19-7-4-3-5-8-19/h3-14,20,30H,15-18H2,1-2H3,(H,29,33)(H,31,35)/t20-/m0/s1. The van der Waals surface area contributed by atoms with Crippen LogP contribution in [0.4, 0.5) is 11.4 Å². The summed E-state index contributed by atoms with van der Waals surface area (Å²) in [6.07, 6.45) is 0.0859. The number of amides is 3. The van der Waals surface area contributed by atoms with Gasteiger partial charge in [0, 0.05) is 25.2 Å². The molecule has 10 heteroatoms. The van der Waals surface area contributed by atoms with Gasteiger partial charge in [-0.25, -0.2) is 0 Å². The van der Waals surface area contributed by atoms with Crippen molar-refractivity contribution in [1.29, 1.82) is 0 Å². The van der Waals surface area contributed by atoms with E-state index in [4.69, 9.17) is 14.2 Å². The van der Waals surface area contributed by atoms with Crippen LogP contribution >= 0.6 is 0 Å². The number of hydrazine groups is 1. The van der Waals surface area contributed by atoms with Gasteiger partial charge in [-0.1, -0.05) is 36.4 Å². The summed E-state index contributed by atoms with van der Waals surface area (Å²) in [4.78, 5) is 39.4. The lowest BCUT2D eigenvalue weighted by atomic mass is 10.1. The highest BCUT2D eigenvalue weighted by atomic mass is 16.5. The van der Waals surface area contributed by atoms with Crippen LogP contribution in [-0.4, -0.2) is 45.1 Å². The Bertz CT molecular complexity index is 1270. The van der Waals surface area contributed by atoms with Gasteiger partial charge in [-0.15, -0.1) is 0 Å². The number of rotatable bonds is 11. The van der Waals surface area contributed by atoms with Crippen LogP contribution < -0.4 is 35.3 Å². The zero-order valence-electron chi connectivity index (χ0n) is 21.2. The van der Waals surface area contributed by atoms with Gasteiger partial charge in [0.2, 0.25) is 11.8 Å². The second-order valence-electron chi connectivity index (χ2n) is 8.61. The van der Waals surface area contributed by atoms with Crippen molar-refractivity contribution in [2.24, 2.45) is 5.92 Å². The van der Waals surface area contributed by atoms with Crippen LogP contribution in [0.15, 0.2) is 72.8 Å². The summed E-state index contributed by atoms with van der Waals surface area (Å²) in [5.41, 5.74) is 7.58. The maximum atomic E-state index is 12.9. The molecule has 0 bridgehead atoms. The molecule has 0 saturated carbocycles. The van der Waals surface area contributed by atoms with Gasteiger partial charge in [-0.2, -0.15) is 0 Å². The lowest BCUT2D eigenvalue weighted by molar-refractivity contribution is -0.126. The Kier molecular flexibility index (Phi) is 8.65. The van der Waals surface area contributed by atoms with Crippen molar-refractivity contribution in [3.05, 3.63) is 78.4 Å². The van der Waals surface area contributed by atoms with E-state index in [1.54, 1.807) is 54.5 Å². The Labute approximate surface area is 220 Å². The molecule has 3 amide bonds. The molecule has 3 aromatic rings. The first kappa shape index (κ1) is 26.3. The zero-order chi connectivity index (χ0) is 26.9. The lowest BCUT2D eigenvalue weighted by Gasteiger charge is -2.19. The fraction of sp³-hybridized carbons (Fsp3) is 0.250. The van der Waals surface area contributed by atoms with Crippen molar-refractivity contribution in [2.75, 3.05) is 37.7 Å². The number of carbonyl (C=O) groups excluding carboxylic acids is 3. The van der Waals surface area contributed by atoms with Crippen molar-refractivity contribution in [2.45, 2.75) is 13.0 Å². The Morgan fingerprint density at radius 1 is 0.947 bits per heavy atom. The zero-order valence-corrected chi connectivity index (χ0v) is 21.2. The number of para-hydroxylation sites is 1. The summed E-state index contributed by atoms with van der Waals surface area (Å²) in [7, 11) is 3.06. The third-order valence-electron chi connectivity index (χ3n) is 6.08. The fourth-order valence-corrected chi connectivity index (χ4v) is 4.04. The lowest BCUT2D eigenvalue weighted by Crippen LogP contribution is -2.36. The molecule has 1 heterocycles. The Morgan fingerprint density at radius 3 is 2.42 bits per heavy atom. The first-order valence-electron chi connectivity index (χ1n) is 12.1. The number of carbonyl (C=O) groups is 3. The molecule has 1 fully saturated rings. The highest BCUT2D eigenvalue weighted by Gasteiger charge is 2.35. The minimum Gasteiger partial charge on any atom is -0.497 e. The number of benzene rings is 3. The van der Waals surface area contributed by atoms with Crippen molar-refractivity contribution in [3.8, 4) is 17.2 Å². The van der Waals surface area contributed by atoms with E-state index in [1.165, 1.54) is 7.11 Å². The minimum absolute atomic E-state index is 0.0859. The molecule has 4 rings (SSSR count). The van der Waals surface area contributed by atoms with E-state index in [9.17, 15) is 14.4 Å². The molecule has 0 unspecified atom stereocenters. The van der Waals surface area contributed by atoms with Crippen molar-refractivity contribution >= 4 is 29.1 Å². The molecule has 0 spiro atoms. The van der Waals surface area contributed by atoms with E-state index in [1.807, 2.05) is 30.3 Å². The summed E-state index contributed by atoms with van der Waals surface area (Å²) in [5, 5.41) is 2.80. The van der Waals surface area contributed by atoms with Crippen molar-refractivity contribution in [3.63, 3.8) is 0 Å². The second-order valence-corrected chi connectivity index (χ2v) is 8.61. The molecule has 1 aliphatic rings. The second kappa shape index (κ2) is 12.5. The average molecular weight is 519 g/mol. The summed E-state index contributed by atoms with van der Waals surface area (Å²) in [6, 6.07) is 21.7. The van der Waals surface area contributed by atoms with E-state index >= 15 is 0 Å². The van der Waals surface area contributed by atoms with Crippen LogP contribution in [-0.2, 0) is 20.9 Å². The molecule has 0 radical (unpaired) electrons. The van der Waals surface area contributed by atoms with Gasteiger partial charge in [0.25, 0.3) is 5.91 Å². The topological polar surface area (TPSA) is 118 Å². The predicted molar refractivity (Wildman–Crippen MR) is 142 cm³/mol. The van der Waals surface area contributed by atoms with E-state index in [2.05, 4.69) is 16.2 Å². The number of methoxy groups -OCH3 is 2. The summed E-state index contributed by atoms with van der Waals surface area (Å²) < 4.78 is 16.3. The third-order valence-corrected chi connectivity index (χ3v) is 6.08. The molecule has 0 aromatic heterocycles. The molecule has 198 valence electrons. The summed E-state index contributed by atoms with van der Waals surface area (Å²) in [5.74, 6) is 0.0119. The summed E-state index contributed by atoms with van der Waals surface area (Å²) >= 11 is 0. The molecule has 3 aromatic carbocycles.